The van der Waals surface area contributed by atoms with Gasteiger partial charge in [0.15, 0.2) is 0 Å². The smallest absolute Gasteiger partial charge is 0.251 e. The average molecular weight is 256 g/mol. The van der Waals surface area contributed by atoms with Gasteiger partial charge in [-0.15, -0.1) is 11.6 Å². The zero-order chi connectivity index (χ0) is 12.8. The van der Waals surface area contributed by atoms with Gasteiger partial charge in [-0.25, -0.2) is 0 Å². The van der Waals surface area contributed by atoms with Gasteiger partial charge < -0.3 is 10.4 Å². The molecule has 1 aromatic rings. The number of halogens is 1. The molecule has 1 amide bonds. The number of rotatable bonds is 5. The Morgan fingerprint density at radius 3 is 2.82 bits per heavy atom. The molecule has 17 heavy (non-hydrogen) atoms. The van der Waals surface area contributed by atoms with Crippen LogP contribution < -0.4 is 5.32 Å². The number of phenols is 1. The monoisotopic (exact) mass is 255 g/mol. The van der Waals surface area contributed by atoms with Crippen molar-refractivity contribution in [2.24, 2.45) is 0 Å². The summed E-state index contributed by atoms with van der Waals surface area (Å²) in [4.78, 5) is 11.8. The van der Waals surface area contributed by atoms with E-state index < -0.39 is 0 Å². The number of carbonyl (C=O) groups excluding carboxylic acids is 1. The minimum absolute atomic E-state index is 0.107. The molecular weight excluding hydrogens is 238 g/mol. The lowest BCUT2D eigenvalue weighted by atomic mass is 10.1. The summed E-state index contributed by atoms with van der Waals surface area (Å²) in [6, 6.07) is 4.72. The summed E-state index contributed by atoms with van der Waals surface area (Å²) in [6.45, 7) is 4.36. The van der Waals surface area contributed by atoms with Crippen LogP contribution in [0.2, 0.25) is 0 Å². The maximum absolute atomic E-state index is 11.8. The third-order valence-electron chi connectivity index (χ3n) is 2.52. The molecule has 1 aromatic carbocycles. The molecule has 0 aliphatic rings. The molecule has 2 N–H and O–H groups in total. The van der Waals surface area contributed by atoms with Gasteiger partial charge in [0.05, 0.1) is 0 Å². The molecule has 4 heteroatoms. The van der Waals surface area contributed by atoms with Crippen LogP contribution in [0.5, 0.6) is 5.75 Å². The van der Waals surface area contributed by atoms with E-state index in [-0.39, 0.29) is 17.0 Å². The van der Waals surface area contributed by atoms with E-state index in [0.717, 1.165) is 18.4 Å². The number of amides is 1. The van der Waals surface area contributed by atoms with Crippen molar-refractivity contribution in [2.75, 3.05) is 6.54 Å². The maximum atomic E-state index is 11.8. The molecule has 1 rings (SSSR count). The number of hydrogen-bond acceptors (Lipinski definition) is 2. The number of carbonyl (C=O) groups is 1. The Balaban J connectivity index is 2.47. The van der Waals surface area contributed by atoms with E-state index in [1.807, 2.05) is 6.92 Å². The molecule has 0 fully saturated rings. The van der Waals surface area contributed by atoms with Crippen LogP contribution >= 0.6 is 11.6 Å². The zero-order valence-corrected chi connectivity index (χ0v) is 10.9. The van der Waals surface area contributed by atoms with Crippen LogP contribution in [-0.4, -0.2) is 22.9 Å². The molecule has 0 heterocycles. The molecule has 94 valence electrons. The largest absolute Gasteiger partial charge is 0.508 e. The van der Waals surface area contributed by atoms with E-state index in [4.69, 9.17) is 11.6 Å². The SMILES string of the molecule is Cc1cc(O)ccc1C(=O)NCCCC(C)Cl. The van der Waals surface area contributed by atoms with E-state index in [1.165, 1.54) is 6.07 Å². The second-order valence-electron chi connectivity index (χ2n) is 4.18. The lowest BCUT2D eigenvalue weighted by Crippen LogP contribution is -2.25. The van der Waals surface area contributed by atoms with Crippen LogP contribution in [0, 0.1) is 6.92 Å². The van der Waals surface area contributed by atoms with Gasteiger partial charge in [-0.1, -0.05) is 0 Å². The first-order valence-corrected chi connectivity index (χ1v) is 6.16. The Morgan fingerprint density at radius 2 is 2.24 bits per heavy atom. The summed E-state index contributed by atoms with van der Waals surface area (Å²) >= 11 is 5.81. The highest BCUT2D eigenvalue weighted by molar-refractivity contribution is 6.20. The van der Waals surface area contributed by atoms with E-state index in [9.17, 15) is 9.90 Å². The fourth-order valence-electron chi connectivity index (χ4n) is 1.58. The number of phenolic OH excluding ortho intramolecular Hbond substituents is 1. The van der Waals surface area contributed by atoms with Gasteiger partial charge in [-0.3, -0.25) is 4.79 Å². The van der Waals surface area contributed by atoms with Crippen molar-refractivity contribution in [2.45, 2.75) is 32.1 Å². The molecule has 1 unspecified atom stereocenters. The number of aryl methyl sites for hydroxylation is 1. The minimum atomic E-state index is -0.107. The maximum Gasteiger partial charge on any atom is 0.251 e. The van der Waals surface area contributed by atoms with Gasteiger partial charge in [-0.2, -0.15) is 0 Å². The van der Waals surface area contributed by atoms with E-state index in [0.29, 0.717) is 12.1 Å². The van der Waals surface area contributed by atoms with Crippen molar-refractivity contribution in [1.29, 1.82) is 0 Å². The Kier molecular flexibility index (Phi) is 5.29. The number of aromatic hydroxyl groups is 1. The molecule has 0 aromatic heterocycles. The van der Waals surface area contributed by atoms with E-state index >= 15 is 0 Å². The van der Waals surface area contributed by atoms with Crippen molar-refractivity contribution in [3.8, 4) is 5.75 Å². The first kappa shape index (κ1) is 13.8. The highest BCUT2D eigenvalue weighted by Crippen LogP contribution is 2.15. The second-order valence-corrected chi connectivity index (χ2v) is 4.92. The molecule has 1 atom stereocenters. The lowest BCUT2D eigenvalue weighted by molar-refractivity contribution is 0.0952. The normalized spacial score (nSPS) is 12.2. The van der Waals surface area contributed by atoms with Gasteiger partial charge in [0.25, 0.3) is 5.91 Å². The molecule has 0 radical (unpaired) electrons. The summed E-state index contributed by atoms with van der Waals surface area (Å²) < 4.78 is 0. The van der Waals surface area contributed by atoms with Gasteiger partial charge in [0, 0.05) is 17.5 Å². The van der Waals surface area contributed by atoms with Crippen molar-refractivity contribution >= 4 is 17.5 Å². The van der Waals surface area contributed by atoms with Crippen LogP contribution in [0.1, 0.15) is 35.7 Å². The van der Waals surface area contributed by atoms with Gasteiger partial charge in [0.2, 0.25) is 0 Å². The Labute approximate surface area is 107 Å². The topological polar surface area (TPSA) is 49.3 Å². The van der Waals surface area contributed by atoms with E-state index in [2.05, 4.69) is 5.32 Å². The standard InChI is InChI=1S/C13H18ClNO2/c1-9-8-11(16)5-6-12(9)13(17)15-7-3-4-10(2)14/h5-6,8,10,16H,3-4,7H2,1-2H3,(H,15,17). The molecule has 0 spiro atoms. The van der Waals surface area contributed by atoms with Crippen LogP contribution in [0.25, 0.3) is 0 Å². The quantitative estimate of drug-likeness (QED) is 0.628. The van der Waals surface area contributed by atoms with Crippen molar-refractivity contribution in [1.82, 2.24) is 5.32 Å². The van der Waals surface area contributed by atoms with Crippen LogP contribution in [0.3, 0.4) is 0 Å². The molecule has 0 bridgehead atoms. The minimum Gasteiger partial charge on any atom is -0.508 e. The summed E-state index contributed by atoms with van der Waals surface area (Å²) in [5.74, 6) is 0.0692. The molecule has 0 aliphatic heterocycles. The average Bonchev–Trinajstić information content (AvgIpc) is 2.23. The molecule has 0 saturated heterocycles. The third-order valence-corrected chi connectivity index (χ3v) is 2.74. The highest BCUT2D eigenvalue weighted by Gasteiger charge is 2.08. The number of benzene rings is 1. The van der Waals surface area contributed by atoms with Crippen LogP contribution in [-0.2, 0) is 0 Å². The summed E-state index contributed by atoms with van der Waals surface area (Å²) in [6.07, 6.45) is 1.75. The molecular formula is C13H18ClNO2. The molecule has 0 aliphatic carbocycles. The summed E-state index contributed by atoms with van der Waals surface area (Å²) in [7, 11) is 0. The number of alkyl halides is 1. The number of nitrogens with one attached hydrogen (secondary N) is 1. The fraction of sp³-hybridized carbons (Fsp3) is 0.462. The molecule has 0 saturated carbocycles. The highest BCUT2D eigenvalue weighted by atomic mass is 35.5. The summed E-state index contributed by atoms with van der Waals surface area (Å²) in [5.41, 5.74) is 1.37. The predicted octanol–water partition coefficient (Wildman–Crippen LogP) is 2.84. The Morgan fingerprint density at radius 1 is 1.53 bits per heavy atom. The lowest BCUT2D eigenvalue weighted by Gasteiger charge is -2.08. The van der Waals surface area contributed by atoms with Crippen LogP contribution in [0.4, 0.5) is 0 Å². The Bertz CT molecular complexity index is 391. The van der Waals surface area contributed by atoms with Gasteiger partial charge >= 0.3 is 0 Å². The zero-order valence-electron chi connectivity index (χ0n) is 10.2. The van der Waals surface area contributed by atoms with Gasteiger partial charge in [-0.05, 0) is 50.5 Å². The third kappa shape index (κ3) is 4.65. The van der Waals surface area contributed by atoms with Crippen LogP contribution in [0.15, 0.2) is 18.2 Å². The predicted molar refractivity (Wildman–Crippen MR) is 69.7 cm³/mol. The van der Waals surface area contributed by atoms with E-state index in [1.54, 1.807) is 19.1 Å². The summed E-state index contributed by atoms with van der Waals surface area (Å²) in [5, 5.41) is 12.2. The number of hydrogen-bond donors (Lipinski definition) is 2. The van der Waals surface area contributed by atoms with Crippen molar-refractivity contribution in [3.05, 3.63) is 29.3 Å². The second kappa shape index (κ2) is 6.50. The van der Waals surface area contributed by atoms with Gasteiger partial charge in [0.1, 0.15) is 5.75 Å². The first-order chi connectivity index (χ1) is 8.00. The van der Waals surface area contributed by atoms with Crippen molar-refractivity contribution in [3.63, 3.8) is 0 Å². The van der Waals surface area contributed by atoms with Crippen molar-refractivity contribution < 1.29 is 9.90 Å². The fourth-order valence-corrected chi connectivity index (χ4v) is 1.74. The Hall–Kier alpha value is -1.22. The molecule has 3 nitrogen and oxygen atoms in total. The first-order valence-electron chi connectivity index (χ1n) is 5.72.